The predicted octanol–water partition coefficient (Wildman–Crippen LogP) is 3.43. The van der Waals surface area contributed by atoms with Crippen molar-refractivity contribution in [2.75, 3.05) is 20.2 Å². The SMILES string of the molecule is CN=C(NCCCOC(C)c1ccccc1)NCc1cccc([N+](=O)[O-])c1. The number of nitro benzene ring substituents is 1. The first-order chi connectivity index (χ1) is 13.1. The molecule has 2 aromatic carbocycles. The lowest BCUT2D eigenvalue weighted by Gasteiger charge is -2.15. The number of non-ortho nitro benzene ring substituents is 1. The fourth-order valence-corrected chi connectivity index (χ4v) is 2.55. The van der Waals surface area contributed by atoms with Crippen molar-refractivity contribution < 1.29 is 9.66 Å². The molecule has 0 aliphatic heterocycles. The van der Waals surface area contributed by atoms with Gasteiger partial charge in [-0.1, -0.05) is 42.5 Å². The van der Waals surface area contributed by atoms with E-state index >= 15 is 0 Å². The van der Waals surface area contributed by atoms with Crippen molar-refractivity contribution in [3.05, 3.63) is 75.8 Å². The Morgan fingerprint density at radius 1 is 1.19 bits per heavy atom. The van der Waals surface area contributed by atoms with Crippen molar-refractivity contribution in [2.45, 2.75) is 26.0 Å². The van der Waals surface area contributed by atoms with Gasteiger partial charge < -0.3 is 15.4 Å². The Morgan fingerprint density at radius 2 is 1.96 bits per heavy atom. The van der Waals surface area contributed by atoms with E-state index in [1.54, 1.807) is 19.2 Å². The summed E-state index contributed by atoms with van der Waals surface area (Å²) in [4.78, 5) is 14.6. The summed E-state index contributed by atoms with van der Waals surface area (Å²) in [6, 6.07) is 16.7. The highest BCUT2D eigenvalue weighted by atomic mass is 16.6. The summed E-state index contributed by atoms with van der Waals surface area (Å²) in [7, 11) is 1.69. The Morgan fingerprint density at radius 3 is 2.67 bits per heavy atom. The van der Waals surface area contributed by atoms with Crippen molar-refractivity contribution in [2.24, 2.45) is 4.99 Å². The van der Waals surface area contributed by atoms with Gasteiger partial charge in [0, 0.05) is 38.9 Å². The minimum Gasteiger partial charge on any atom is -0.374 e. The average Bonchev–Trinajstić information content (AvgIpc) is 2.70. The van der Waals surface area contributed by atoms with Crippen LogP contribution in [0.5, 0.6) is 0 Å². The van der Waals surface area contributed by atoms with Crippen molar-refractivity contribution in [1.82, 2.24) is 10.6 Å². The first-order valence-corrected chi connectivity index (χ1v) is 8.94. The molecule has 0 bridgehead atoms. The van der Waals surface area contributed by atoms with Crippen LogP contribution in [0.1, 0.15) is 30.6 Å². The Balaban J connectivity index is 1.67. The molecule has 2 rings (SSSR count). The number of rotatable bonds is 9. The van der Waals surface area contributed by atoms with Crippen molar-refractivity contribution >= 4 is 11.6 Å². The molecule has 7 heteroatoms. The lowest BCUT2D eigenvalue weighted by atomic mass is 10.1. The van der Waals surface area contributed by atoms with Gasteiger partial charge >= 0.3 is 0 Å². The molecular weight excluding hydrogens is 344 g/mol. The van der Waals surface area contributed by atoms with E-state index in [-0.39, 0.29) is 11.8 Å². The molecule has 2 aromatic rings. The summed E-state index contributed by atoms with van der Waals surface area (Å²) in [5.74, 6) is 0.651. The van der Waals surface area contributed by atoms with E-state index in [0.717, 1.165) is 18.5 Å². The van der Waals surface area contributed by atoms with Crippen molar-refractivity contribution in [1.29, 1.82) is 0 Å². The molecule has 0 aliphatic carbocycles. The van der Waals surface area contributed by atoms with Crippen LogP contribution in [0.25, 0.3) is 0 Å². The number of nitrogens with zero attached hydrogens (tertiary/aromatic N) is 2. The van der Waals surface area contributed by atoms with E-state index in [1.807, 2.05) is 31.2 Å². The Kier molecular flexibility index (Phi) is 8.25. The first kappa shape index (κ1) is 20.4. The van der Waals surface area contributed by atoms with Gasteiger partial charge in [0.05, 0.1) is 11.0 Å². The lowest BCUT2D eigenvalue weighted by Crippen LogP contribution is -2.37. The summed E-state index contributed by atoms with van der Waals surface area (Å²) in [6.07, 6.45) is 0.909. The van der Waals surface area contributed by atoms with Crippen molar-refractivity contribution in [3.63, 3.8) is 0 Å². The highest BCUT2D eigenvalue weighted by molar-refractivity contribution is 5.79. The molecule has 2 N–H and O–H groups in total. The molecule has 144 valence electrons. The van der Waals surface area contributed by atoms with Gasteiger partial charge in [-0.05, 0) is 24.5 Å². The van der Waals surface area contributed by atoms with Crippen LogP contribution in [0.4, 0.5) is 5.69 Å². The van der Waals surface area contributed by atoms with E-state index in [4.69, 9.17) is 4.74 Å². The maximum atomic E-state index is 10.8. The standard InChI is InChI=1S/C20H26N4O3/c1-16(18-9-4-3-5-10-18)27-13-7-12-22-20(21-2)23-15-17-8-6-11-19(14-17)24(25)26/h3-6,8-11,14,16H,7,12-13,15H2,1-2H3,(H2,21,22,23). The smallest absolute Gasteiger partial charge is 0.269 e. The number of benzene rings is 2. The predicted molar refractivity (Wildman–Crippen MR) is 107 cm³/mol. The second-order valence-corrected chi connectivity index (χ2v) is 6.06. The van der Waals surface area contributed by atoms with Crippen LogP contribution in [0, 0.1) is 10.1 Å². The quantitative estimate of drug-likeness (QED) is 0.232. The second kappa shape index (κ2) is 10.9. The van der Waals surface area contributed by atoms with Crippen LogP contribution in [0.2, 0.25) is 0 Å². The molecule has 0 aromatic heterocycles. The third kappa shape index (κ3) is 7.07. The van der Waals surface area contributed by atoms with Crippen molar-refractivity contribution in [3.8, 4) is 0 Å². The van der Waals surface area contributed by atoms with Crippen LogP contribution >= 0.6 is 0 Å². The number of hydrogen-bond acceptors (Lipinski definition) is 4. The number of nitrogens with one attached hydrogen (secondary N) is 2. The third-order valence-electron chi connectivity index (χ3n) is 4.06. The van der Waals surface area contributed by atoms with Gasteiger partial charge in [0.15, 0.2) is 5.96 Å². The lowest BCUT2D eigenvalue weighted by molar-refractivity contribution is -0.384. The molecule has 7 nitrogen and oxygen atoms in total. The molecule has 0 saturated carbocycles. The minimum atomic E-state index is -0.396. The zero-order valence-corrected chi connectivity index (χ0v) is 15.7. The summed E-state index contributed by atoms with van der Waals surface area (Å²) in [5.41, 5.74) is 2.08. The minimum absolute atomic E-state index is 0.0671. The Bertz CT molecular complexity index is 750. The highest BCUT2D eigenvalue weighted by Gasteiger charge is 2.07. The van der Waals surface area contributed by atoms with E-state index in [0.29, 0.717) is 19.1 Å². The molecule has 0 aliphatic rings. The molecule has 1 unspecified atom stereocenters. The van der Waals surface area contributed by atoms with Gasteiger partial charge in [-0.25, -0.2) is 0 Å². The normalized spacial score (nSPS) is 12.4. The van der Waals surface area contributed by atoms with Gasteiger partial charge in [-0.15, -0.1) is 0 Å². The maximum absolute atomic E-state index is 10.8. The topological polar surface area (TPSA) is 88.8 Å². The van der Waals surface area contributed by atoms with Gasteiger partial charge in [-0.2, -0.15) is 0 Å². The monoisotopic (exact) mass is 370 g/mol. The van der Waals surface area contributed by atoms with Gasteiger partial charge in [0.1, 0.15) is 0 Å². The van der Waals surface area contributed by atoms with E-state index in [9.17, 15) is 10.1 Å². The molecular formula is C20H26N4O3. The number of guanidine groups is 1. The molecule has 1 atom stereocenters. The van der Waals surface area contributed by atoms with E-state index in [1.165, 1.54) is 11.6 Å². The highest BCUT2D eigenvalue weighted by Crippen LogP contribution is 2.15. The molecule has 0 fully saturated rings. The van der Waals surface area contributed by atoms with Crippen LogP contribution in [-0.4, -0.2) is 31.1 Å². The van der Waals surface area contributed by atoms with E-state index < -0.39 is 4.92 Å². The largest absolute Gasteiger partial charge is 0.374 e. The van der Waals surface area contributed by atoms with Gasteiger partial charge in [0.2, 0.25) is 0 Å². The van der Waals surface area contributed by atoms with Gasteiger partial charge in [-0.3, -0.25) is 15.1 Å². The van der Waals surface area contributed by atoms with Gasteiger partial charge in [0.25, 0.3) is 5.69 Å². The van der Waals surface area contributed by atoms with Crippen LogP contribution in [0.15, 0.2) is 59.6 Å². The number of hydrogen-bond donors (Lipinski definition) is 2. The fraction of sp³-hybridized carbons (Fsp3) is 0.350. The molecule has 0 heterocycles. The molecule has 0 spiro atoms. The van der Waals surface area contributed by atoms with Crippen LogP contribution in [-0.2, 0) is 11.3 Å². The molecule has 27 heavy (non-hydrogen) atoms. The number of nitro groups is 1. The Hall–Kier alpha value is -2.93. The Labute approximate surface area is 159 Å². The summed E-state index contributed by atoms with van der Waals surface area (Å²) < 4.78 is 5.84. The second-order valence-electron chi connectivity index (χ2n) is 6.06. The summed E-state index contributed by atoms with van der Waals surface area (Å²) >= 11 is 0. The zero-order valence-electron chi connectivity index (χ0n) is 15.7. The zero-order chi connectivity index (χ0) is 19.5. The number of aliphatic imine (C=N–C) groups is 1. The molecule has 0 saturated heterocycles. The fourth-order valence-electron chi connectivity index (χ4n) is 2.55. The summed E-state index contributed by atoms with van der Waals surface area (Å²) in [5, 5.41) is 17.2. The van der Waals surface area contributed by atoms with Crippen LogP contribution < -0.4 is 10.6 Å². The first-order valence-electron chi connectivity index (χ1n) is 8.94. The third-order valence-corrected chi connectivity index (χ3v) is 4.06. The maximum Gasteiger partial charge on any atom is 0.269 e. The average molecular weight is 370 g/mol. The molecule has 0 radical (unpaired) electrons. The summed E-state index contributed by atoms with van der Waals surface area (Å²) in [6.45, 7) is 3.87. The molecule has 0 amide bonds. The van der Waals surface area contributed by atoms with E-state index in [2.05, 4.69) is 27.8 Å². The number of ether oxygens (including phenoxy) is 1. The van der Waals surface area contributed by atoms with Crippen LogP contribution in [0.3, 0.4) is 0 Å².